The minimum atomic E-state index is -0.237. The number of carbonyl (C=O) groups is 1. The summed E-state index contributed by atoms with van der Waals surface area (Å²) < 4.78 is 0. The summed E-state index contributed by atoms with van der Waals surface area (Å²) in [4.78, 5) is 21.7. The second kappa shape index (κ2) is 5.95. The maximum atomic E-state index is 11.9. The Kier molecular flexibility index (Phi) is 4.07. The molecule has 0 bridgehead atoms. The summed E-state index contributed by atoms with van der Waals surface area (Å²) in [6.45, 7) is 2.98. The number of aromatic nitrogens is 2. The van der Waals surface area contributed by atoms with E-state index >= 15 is 0 Å². The van der Waals surface area contributed by atoms with Gasteiger partial charge < -0.3 is 10.2 Å². The van der Waals surface area contributed by atoms with Crippen LogP contribution in [0, 0.1) is 0 Å². The van der Waals surface area contributed by atoms with Gasteiger partial charge in [0.05, 0.1) is 0 Å². The normalized spacial score (nSPS) is 10.0. The third kappa shape index (κ3) is 3.28. The lowest BCUT2D eigenvalue weighted by Crippen LogP contribution is -2.17. The highest BCUT2D eigenvalue weighted by atomic mass is 16.1. The molecule has 98 valence electrons. The van der Waals surface area contributed by atoms with Crippen LogP contribution >= 0.6 is 0 Å². The van der Waals surface area contributed by atoms with Crippen LogP contribution in [0.4, 0.5) is 11.4 Å². The quantitative estimate of drug-likeness (QED) is 0.911. The molecule has 0 spiro atoms. The van der Waals surface area contributed by atoms with E-state index in [0.29, 0.717) is 5.69 Å². The Bertz CT molecular complexity index is 556. The van der Waals surface area contributed by atoms with Crippen LogP contribution in [0.15, 0.2) is 42.9 Å². The van der Waals surface area contributed by atoms with Gasteiger partial charge in [-0.05, 0) is 31.2 Å². The number of benzene rings is 1. The summed E-state index contributed by atoms with van der Waals surface area (Å²) in [5.41, 5.74) is 2.16. The van der Waals surface area contributed by atoms with Gasteiger partial charge in [-0.1, -0.05) is 6.07 Å². The Morgan fingerprint density at radius 2 is 2.21 bits per heavy atom. The van der Waals surface area contributed by atoms with Gasteiger partial charge in [0, 0.05) is 31.2 Å². The molecule has 0 unspecified atom stereocenters. The summed E-state index contributed by atoms with van der Waals surface area (Å²) in [6.07, 6.45) is 2.90. The van der Waals surface area contributed by atoms with Crippen molar-refractivity contribution in [3.8, 4) is 0 Å². The Balaban J connectivity index is 2.13. The van der Waals surface area contributed by atoms with E-state index in [2.05, 4.69) is 27.1 Å². The van der Waals surface area contributed by atoms with Gasteiger partial charge in [0.1, 0.15) is 12.0 Å². The lowest BCUT2D eigenvalue weighted by molar-refractivity contribution is 0.102. The molecule has 0 atom stereocenters. The van der Waals surface area contributed by atoms with E-state index < -0.39 is 0 Å². The molecule has 1 aromatic heterocycles. The lowest BCUT2D eigenvalue weighted by Gasteiger charge is -2.17. The molecule has 1 N–H and O–H groups in total. The Labute approximate surface area is 112 Å². The first-order valence-corrected chi connectivity index (χ1v) is 6.09. The van der Waals surface area contributed by atoms with Crippen molar-refractivity contribution in [1.29, 1.82) is 0 Å². The smallest absolute Gasteiger partial charge is 0.274 e. The van der Waals surface area contributed by atoms with Gasteiger partial charge in [-0.3, -0.25) is 4.79 Å². The number of rotatable bonds is 4. The monoisotopic (exact) mass is 256 g/mol. The van der Waals surface area contributed by atoms with Crippen LogP contribution in [0.3, 0.4) is 0 Å². The van der Waals surface area contributed by atoms with Gasteiger partial charge in [0.2, 0.25) is 0 Å². The van der Waals surface area contributed by atoms with Crippen LogP contribution in [-0.4, -0.2) is 29.5 Å². The molecule has 1 heterocycles. The van der Waals surface area contributed by atoms with Crippen molar-refractivity contribution in [3.63, 3.8) is 0 Å². The molecule has 0 aliphatic carbocycles. The van der Waals surface area contributed by atoms with E-state index in [1.807, 2.05) is 31.3 Å². The van der Waals surface area contributed by atoms with Gasteiger partial charge in [0.25, 0.3) is 5.91 Å². The summed E-state index contributed by atoms with van der Waals surface area (Å²) in [6, 6.07) is 9.28. The van der Waals surface area contributed by atoms with E-state index in [9.17, 15) is 4.79 Å². The first kappa shape index (κ1) is 13.0. The largest absolute Gasteiger partial charge is 0.375 e. The molecule has 0 fully saturated rings. The standard InChI is InChI=1S/C14H16N4O/c1-3-18(2)12-6-4-5-11(9-12)17-14(19)13-7-8-15-10-16-13/h4-10H,3H2,1-2H3,(H,17,19). The van der Waals surface area contributed by atoms with Crippen LogP contribution in [0.25, 0.3) is 0 Å². The highest BCUT2D eigenvalue weighted by Crippen LogP contribution is 2.18. The third-order valence-electron chi connectivity index (χ3n) is 2.83. The average molecular weight is 256 g/mol. The number of hydrogen-bond donors (Lipinski definition) is 1. The van der Waals surface area contributed by atoms with Crippen molar-refractivity contribution in [3.05, 3.63) is 48.5 Å². The molecule has 0 aliphatic heterocycles. The maximum Gasteiger partial charge on any atom is 0.274 e. The van der Waals surface area contributed by atoms with E-state index in [0.717, 1.165) is 17.9 Å². The molecule has 19 heavy (non-hydrogen) atoms. The average Bonchev–Trinajstić information content (AvgIpc) is 2.47. The fourth-order valence-corrected chi connectivity index (χ4v) is 1.62. The van der Waals surface area contributed by atoms with E-state index in [1.165, 1.54) is 6.33 Å². The van der Waals surface area contributed by atoms with Gasteiger partial charge in [0.15, 0.2) is 0 Å². The molecule has 2 aromatic rings. The van der Waals surface area contributed by atoms with Gasteiger partial charge in [-0.2, -0.15) is 0 Å². The van der Waals surface area contributed by atoms with Crippen molar-refractivity contribution in [1.82, 2.24) is 9.97 Å². The first-order valence-electron chi connectivity index (χ1n) is 6.09. The zero-order valence-corrected chi connectivity index (χ0v) is 11.0. The van der Waals surface area contributed by atoms with E-state index in [4.69, 9.17) is 0 Å². The Morgan fingerprint density at radius 1 is 1.37 bits per heavy atom. The van der Waals surface area contributed by atoms with Crippen LogP contribution in [0.1, 0.15) is 17.4 Å². The summed E-state index contributed by atoms with van der Waals surface area (Å²) in [7, 11) is 2.01. The summed E-state index contributed by atoms with van der Waals surface area (Å²) in [5, 5.41) is 2.82. The van der Waals surface area contributed by atoms with Gasteiger partial charge in [-0.25, -0.2) is 9.97 Å². The van der Waals surface area contributed by atoms with Crippen molar-refractivity contribution in [2.24, 2.45) is 0 Å². The predicted octanol–water partition coefficient (Wildman–Crippen LogP) is 2.18. The number of nitrogens with zero attached hydrogens (tertiary/aromatic N) is 3. The number of anilines is 2. The van der Waals surface area contributed by atoms with E-state index in [1.54, 1.807) is 12.3 Å². The Hall–Kier alpha value is -2.43. The maximum absolute atomic E-state index is 11.9. The molecule has 5 heteroatoms. The second-order valence-electron chi connectivity index (χ2n) is 4.11. The van der Waals surface area contributed by atoms with E-state index in [-0.39, 0.29) is 5.91 Å². The zero-order valence-electron chi connectivity index (χ0n) is 11.0. The molecule has 0 saturated carbocycles. The number of carbonyl (C=O) groups excluding carboxylic acids is 1. The van der Waals surface area contributed by atoms with Crippen molar-refractivity contribution in [2.45, 2.75) is 6.92 Å². The number of nitrogens with one attached hydrogen (secondary N) is 1. The van der Waals surface area contributed by atoms with Gasteiger partial charge in [-0.15, -0.1) is 0 Å². The second-order valence-corrected chi connectivity index (χ2v) is 4.11. The summed E-state index contributed by atoms with van der Waals surface area (Å²) in [5.74, 6) is -0.237. The zero-order chi connectivity index (χ0) is 13.7. The SMILES string of the molecule is CCN(C)c1cccc(NC(=O)c2ccncn2)c1. The molecule has 5 nitrogen and oxygen atoms in total. The predicted molar refractivity (Wildman–Crippen MR) is 75.4 cm³/mol. The van der Waals surface area contributed by atoms with Crippen molar-refractivity contribution < 1.29 is 4.79 Å². The van der Waals surface area contributed by atoms with Crippen LogP contribution in [0.5, 0.6) is 0 Å². The highest BCUT2D eigenvalue weighted by Gasteiger charge is 2.07. The molecular weight excluding hydrogens is 240 g/mol. The van der Waals surface area contributed by atoms with Crippen molar-refractivity contribution >= 4 is 17.3 Å². The Morgan fingerprint density at radius 3 is 2.89 bits per heavy atom. The fourth-order valence-electron chi connectivity index (χ4n) is 1.62. The first-order chi connectivity index (χ1) is 9.20. The topological polar surface area (TPSA) is 58.1 Å². The molecule has 0 saturated heterocycles. The van der Waals surface area contributed by atoms with Crippen LogP contribution in [-0.2, 0) is 0 Å². The molecule has 0 radical (unpaired) electrons. The fraction of sp³-hybridized carbons (Fsp3) is 0.214. The minimum absolute atomic E-state index is 0.237. The van der Waals surface area contributed by atoms with Crippen LogP contribution in [0.2, 0.25) is 0 Å². The number of amides is 1. The molecule has 1 aromatic carbocycles. The third-order valence-corrected chi connectivity index (χ3v) is 2.83. The summed E-state index contributed by atoms with van der Waals surface area (Å²) >= 11 is 0. The molecule has 0 aliphatic rings. The van der Waals surface area contributed by atoms with Gasteiger partial charge >= 0.3 is 0 Å². The number of hydrogen-bond acceptors (Lipinski definition) is 4. The molecule has 2 rings (SSSR count). The van der Waals surface area contributed by atoms with Crippen molar-refractivity contribution in [2.75, 3.05) is 23.8 Å². The molecule has 1 amide bonds. The molecular formula is C14H16N4O. The lowest BCUT2D eigenvalue weighted by atomic mass is 10.2. The highest BCUT2D eigenvalue weighted by molar-refractivity contribution is 6.02. The minimum Gasteiger partial charge on any atom is -0.375 e. The van der Waals surface area contributed by atoms with Crippen LogP contribution < -0.4 is 10.2 Å².